The smallest absolute Gasteiger partial charge is 0.401 e. The van der Waals surface area contributed by atoms with Crippen molar-refractivity contribution in [2.75, 3.05) is 32.8 Å². The molecule has 0 saturated carbocycles. The van der Waals surface area contributed by atoms with Gasteiger partial charge in [0, 0.05) is 13.1 Å². The molecular formula is C13H17F3N2O2S. The fourth-order valence-electron chi connectivity index (χ4n) is 1.75. The van der Waals surface area contributed by atoms with Gasteiger partial charge >= 0.3 is 6.18 Å². The average molecular weight is 322 g/mol. The number of aliphatic hydroxyl groups is 1. The van der Waals surface area contributed by atoms with Crippen LogP contribution in [0.5, 0.6) is 5.75 Å². The van der Waals surface area contributed by atoms with Crippen molar-refractivity contribution >= 4 is 17.2 Å². The van der Waals surface area contributed by atoms with E-state index in [0.717, 1.165) is 4.90 Å². The SMILES string of the molecule is NC(=S)c1ccccc1OCCN(CCO)CC(F)(F)F. The molecule has 0 atom stereocenters. The summed E-state index contributed by atoms with van der Waals surface area (Å²) in [6.45, 7) is -1.44. The van der Waals surface area contributed by atoms with Gasteiger partial charge in [-0.25, -0.2) is 0 Å². The number of aliphatic hydroxyl groups excluding tert-OH is 1. The predicted octanol–water partition coefficient (Wildman–Crippen LogP) is 1.56. The molecule has 0 aliphatic rings. The molecule has 0 saturated heterocycles. The standard InChI is InChI=1S/C13H17F3N2O2S/c14-13(15,16)9-18(5-7-19)6-8-20-11-4-2-1-3-10(11)12(17)21/h1-4,19H,5-9H2,(H2,17,21). The van der Waals surface area contributed by atoms with E-state index >= 15 is 0 Å². The molecule has 0 aliphatic carbocycles. The summed E-state index contributed by atoms with van der Waals surface area (Å²) in [6.07, 6.45) is -4.31. The lowest BCUT2D eigenvalue weighted by Gasteiger charge is -2.22. The van der Waals surface area contributed by atoms with Crippen LogP contribution >= 0.6 is 12.2 Å². The van der Waals surface area contributed by atoms with Crippen LogP contribution in [0.15, 0.2) is 24.3 Å². The molecule has 1 aromatic carbocycles. The van der Waals surface area contributed by atoms with Crippen molar-refractivity contribution in [2.24, 2.45) is 5.73 Å². The monoisotopic (exact) mass is 322 g/mol. The van der Waals surface area contributed by atoms with Crippen LogP contribution in [0.3, 0.4) is 0 Å². The highest BCUT2D eigenvalue weighted by atomic mass is 32.1. The number of hydrogen-bond donors (Lipinski definition) is 2. The second-order valence-corrected chi connectivity index (χ2v) is 4.76. The maximum atomic E-state index is 12.4. The molecule has 0 amide bonds. The Hall–Kier alpha value is -1.38. The molecule has 118 valence electrons. The normalized spacial score (nSPS) is 11.7. The number of benzene rings is 1. The summed E-state index contributed by atoms with van der Waals surface area (Å²) < 4.78 is 42.5. The summed E-state index contributed by atoms with van der Waals surface area (Å²) in [5.74, 6) is 0.431. The van der Waals surface area contributed by atoms with Gasteiger partial charge in [-0.2, -0.15) is 13.2 Å². The highest BCUT2D eigenvalue weighted by molar-refractivity contribution is 7.80. The Balaban J connectivity index is 2.56. The Kier molecular flexibility index (Phi) is 6.86. The lowest BCUT2D eigenvalue weighted by molar-refractivity contribution is -0.147. The Labute approximate surface area is 126 Å². The number of para-hydroxylation sites is 1. The second kappa shape index (κ2) is 8.16. The number of halogens is 3. The van der Waals surface area contributed by atoms with E-state index in [1.54, 1.807) is 24.3 Å². The molecule has 3 N–H and O–H groups in total. The van der Waals surface area contributed by atoms with Crippen LogP contribution in [0.4, 0.5) is 13.2 Å². The molecule has 1 aromatic rings. The molecule has 0 aromatic heterocycles. The van der Waals surface area contributed by atoms with E-state index < -0.39 is 12.7 Å². The third-order valence-corrected chi connectivity index (χ3v) is 2.86. The number of rotatable bonds is 8. The quantitative estimate of drug-likeness (QED) is 0.711. The zero-order valence-electron chi connectivity index (χ0n) is 11.3. The van der Waals surface area contributed by atoms with Gasteiger partial charge in [0.15, 0.2) is 0 Å². The minimum atomic E-state index is -4.31. The van der Waals surface area contributed by atoms with Crippen molar-refractivity contribution in [3.63, 3.8) is 0 Å². The highest BCUT2D eigenvalue weighted by Crippen LogP contribution is 2.18. The maximum absolute atomic E-state index is 12.4. The third-order valence-electron chi connectivity index (χ3n) is 2.64. The van der Waals surface area contributed by atoms with Crippen LogP contribution in [-0.4, -0.2) is 54.0 Å². The molecule has 8 heteroatoms. The number of nitrogens with two attached hydrogens (primary N) is 1. The summed E-state index contributed by atoms with van der Waals surface area (Å²) in [7, 11) is 0. The Morgan fingerprint density at radius 2 is 1.95 bits per heavy atom. The molecule has 0 radical (unpaired) electrons. The lowest BCUT2D eigenvalue weighted by atomic mass is 10.2. The fourth-order valence-corrected chi connectivity index (χ4v) is 1.91. The van der Waals surface area contributed by atoms with E-state index in [9.17, 15) is 13.2 Å². The van der Waals surface area contributed by atoms with Gasteiger partial charge in [0.1, 0.15) is 17.3 Å². The van der Waals surface area contributed by atoms with Gasteiger partial charge in [0.2, 0.25) is 0 Å². The van der Waals surface area contributed by atoms with Crippen molar-refractivity contribution < 1.29 is 23.0 Å². The summed E-state index contributed by atoms with van der Waals surface area (Å²) >= 11 is 4.87. The molecule has 0 bridgehead atoms. The van der Waals surface area contributed by atoms with Gasteiger partial charge in [-0.3, -0.25) is 4.90 Å². The minimum absolute atomic E-state index is 0.0335. The molecule has 0 fully saturated rings. The zero-order chi connectivity index (χ0) is 15.9. The molecule has 0 heterocycles. The largest absolute Gasteiger partial charge is 0.492 e. The molecule has 1 rings (SSSR count). The van der Waals surface area contributed by atoms with E-state index in [-0.39, 0.29) is 31.3 Å². The molecule has 0 unspecified atom stereocenters. The lowest BCUT2D eigenvalue weighted by Crippen LogP contribution is -2.38. The molecule has 0 spiro atoms. The van der Waals surface area contributed by atoms with Crippen LogP contribution in [0, 0.1) is 0 Å². The fraction of sp³-hybridized carbons (Fsp3) is 0.462. The highest BCUT2D eigenvalue weighted by Gasteiger charge is 2.30. The van der Waals surface area contributed by atoms with Gasteiger partial charge in [0.05, 0.1) is 18.7 Å². The van der Waals surface area contributed by atoms with Crippen LogP contribution in [0.25, 0.3) is 0 Å². The predicted molar refractivity (Wildman–Crippen MR) is 77.4 cm³/mol. The Morgan fingerprint density at radius 3 is 2.52 bits per heavy atom. The molecular weight excluding hydrogens is 305 g/mol. The number of nitrogens with zero attached hydrogens (tertiary/aromatic N) is 1. The Bertz CT molecular complexity index is 469. The maximum Gasteiger partial charge on any atom is 0.401 e. The number of thiocarbonyl (C=S) groups is 1. The van der Waals surface area contributed by atoms with Gasteiger partial charge in [-0.15, -0.1) is 0 Å². The van der Waals surface area contributed by atoms with Gasteiger partial charge in [0.25, 0.3) is 0 Å². The minimum Gasteiger partial charge on any atom is -0.492 e. The van der Waals surface area contributed by atoms with Gasteiger partial charge in [-0.05, 0) is 12.1 Å². The van der Waals surface area contributed by atoms with E-state index in [0.29, 0.717) is 11.3 Å². The van der Waals surface area contributed by atoms with Gasteiger partial charge < -0.3 is 15.6 Å². The first kappa shape index (κ1) is 17.7. The van der Waals surface area contributed by atoms with Crippen molar-refractivity contribution in [3.05, 3.63) is 29.8 Å². The molecule has 4 nitrogen and oxygen atoms in total. The zero-order valence-corrected chi connectivity index (χ0v) is 12.1. The first-order valence-corrected chi connectivity index (χ1v) is 6.66. The van der Waals surface area contributed by atoms with Crippen molar-refractivity contribution in [3.8, 4) is 5.75 Å². The van der Waals surface area contributed by atoms with Crippen LogP contribution in [0.1, 0.15) is 5.56 Å². The van der Waals surface area contributed by atoms with E-state index in [4.69, 9.17) is 27.8 Å². The number of hydrogen-bond acceptors (Lipinski definition) is 4. The first-order valence-electron chi connectivity index (χ1n) is 6.25. The molecule has 21 heavy (non-hydrogen) atoms. The first-order chi connectivity index (χ1) is 9.83. The summed E-state index contributed by atoms with van der Waals surface area (Å²) in [4.78, 5) is 1.23. The van der Waals surface area contributed by atoms with Crippen LogP contribution in [0.2, 0.25) is 0 Å². The summed E-state index contributed by atoms with van der Waals surface area (Å²) in [6, 6.07) is 6.79. The van der Waals surface area contributed by atoms with Crippen LogP contribution < -0.4 is 10.5 Å². The summed E-state index contributed by atoms with van der Waals surface area (Å²) in [5, 5.41) is 8.78. The van der Waals surface area contributed by atoms with E-state index in [1.807, 2.05) is 0 Å². The topological polar surface area (TPSA) is 58.7 Å². The van der Waals surface area contributed by atoms with Crippen LogP contribution in [-0.2, 0) is 0 Å². The van der Waals surface area contributed by atoms with Crippen molar-refractivity contribution in [2.45, 2.75) is 6.18 Å². The average Bonchev–Trinajstić information content (AvgIpc) is 2.37. The van der Waals surface area contributed by atoms with Gasteiger partial charge in [-0.1, -0.05) is 24.4 Å². The van der Waals surface area contributed by atoms with Crippen molar-refractivity contribution in [1.82, 2.24) is 4.90 Å². The number of ether oxygens (including phenoxy) is 1. The third kappa shape index (κ3) is 6.74. The number of alkyl halides is 3. The van der Waals surface area contributed by atoms with E-state index in [1.165, 1.54) is 0 Å². The van der Waals surface area contributed by atoms with Crippen molar-refractivity contribution in [1.29, 1.82) is 0 Å². The second-order valence-electron chi connectivity index (χ2n) is 4.32. The van der Waals surface area contributed by atoms with E-state index in [2.05, 4.69) is 0 Å². The molecule has 0 aliphatic heterocycles. The Morgan fingerprint density at radius 1 is 1.29 bits per heavy atom. The summed E-state index contributed by atoms with van der Waals surface area (Å²) in [5.41, 5.74) is 6.08.